The summed E-state index contributed by atoms with van der Waals surface area (Å²) in [5.74, 6) is -0.374. The molecule has 0 unspecified atom stereocenters. The second kappa shape index (κ2) is 10.5. The number of carbonyl (C=O) groups is 2. The minimum Gasteiger partial charge on any atom is -0.352 e. The van der Waals surface area contributed by atoms with Gasteiger partial charge in [-0.1, -0.05) is 65.8 Å². The van der Waals surface area contributed by atoms with Crippen LogP contribution in [-0.4, -0.2) is 28.8 Å². The van der Waals surface area contributed by atoms with Crippen molar-refractivity contribution in [2.24, 2.45) is 0 Å². The highest BCUT2D eigenvalue weighted by molar-refractivity contribution is 6.36. The first-order valence-electron chi connectivity index (χ1n) is 10.1. The second-order valence-corrected chi connectivity index (χ2v) is 8.95. The molecule has 1 fully saturated rings. The number of hydrogen-bond acceptors (Lipinski definition) is 2. The van der Waals surface area contributed by atoms with Crippen molar-refractivity contribution in [3.8, 4) is 0 Å². The van der Waals surface area contributed by atoms with Crippen LogP contribution in [0.2, 0.25) is 15.1 Å². The maximum Gasteiger partial charge on any atom is 0.242 e. The lowest BCUT2D eigenvalue weighted by atomic mass is 10.1. The molecule has 1 aliphatic rings. The topological polar surface area (TPSA) is 49.4 Å². The molecular formula is C23H25Cl3N2O2. The molecule has 7 heteroatoms. The summed E-state index contributed by atoms with van der Waals surface area (Å²) in [6, 6.07) is 12.0. The lowest BCUT2D eigenvalue weighted by molar-refractivity contribution is -0.140. The Morgan fingerprint density at radius 2 is 1.70 bits per heavy atom. The number of nitrogens with one attached hydrogen (secondary N) is 1. The van der Waals surface area contributed by atoms with Crippen LogP contribution in [-0.2, 0) is 22.6 Å². The molecule has 3 rings (SSSR count). The number of halogens is 3. The summed E-state index contributed by atoms with van der Waals surface area (Å²) in [6.07, 6.45) is 4.22. The van der Waals surface area contributed by atoms with Gasteiger partial charge in [0, 0.05) is 27.7 Å². The van der Waals surface area contributed by atoms with Gasteiger partial charge in [0.2, 0.25) is 11.8 Å². The molecular weight excluding hydrogens is 443 g/mol. The summed E-state index contributed by atoms with van der Waals surface area (Å²) in [5.41, 5.74) is 1.41. The summed E-state index contributed by atoms with van der Waals surface area (Å²) in [6.45, 7) is 2.02. The first-order chi connectivity index (χ1) is 14.3. The molecule has 2 amide bonds. The van der Waals surface area contributed by atoms with Gasteiger partial charge in [-0.3, -0.25) is 9.59 Å². The average Bonchev–Trinajstić information content (AvgIpc) is 3.21. The van der Waals surface area contributed by atoms with E-state index in [1.54, 1.807) is 42.2 Å². The van der Waals surface area contributed by atoms with Gasteiger partial charge in [-0.25, -0.2) is 0 Å². The van der Waals surface area contributed by atoms with E-state index >= 15 is 0 Å². The Bertz CT molecular complexity index is 893. The van der Waals surface area contributed by atoms with Crippen LogP contribution in [0.15, 0.2) is 42.5 Å². The minimum atomic E-state index is -0.640. The van der Waals surface area contributed by atoms with Gasteiger partial charge in [0.1, 0.15) is 6.04 Å². The van der Waals surface area contributed by atoms with Crippen molar-refractivity contribution in [2.45, 2.75) is 57.7 Å². The highest BCUT2D eigenvalue weighted by atomic mass is 35.5. The van der Waals surface area contributed by atoms with Crippen molar-refractivity contribution in [3.05, 3.63) is 68.7 Å². The standard InChI is InChI=1S/C23H25Cl3N2O2/c1-15(23(30)27-18-8-2-3-9-18)28(14-16-6-4-7-17(24)12-16)22(29)13-19-20(25)10-5-11-21(19)26/h4-7,10-12,15,18H,2-3,8-9,13-14H2,1H3,(H,27,30)/t15-/m0/s1. The zero-order valence-corrected chi connectivity index (χ0v) is 19.1. The molecule has 4 nitrogen and oxygen atoms in total. The van der Waals surface area contributed by atoms with E-state index in [0.29, 0.717) is 20.6 Å². The second-order valence-electron chi connectivity index (χ2n) is 7.69. The van der Waals surface area contributed by atoms with Crippen molar-refractivity contribution in [3.63, 3.8) is 0 Å². The van der Waals surface area contributed by atoms with Gasteiger partial charge in [-0.2, -0.15) is 0 Å². The molecule has 0 radical (unpaired) electrons. The fourth-order valence-corrected chi connectivity index (χ4v) is 4.50. The normalized spacial score (nSPS) is 15.1. The molecule has 30 heavy (non-hydrogen) atoms. The van der Waals surface area contributed by atoms with Gasteiger partial charge in [0.15, 0.2) is 0 Å². The summed E-state index contributed by atoms with van der Waals surface area (Å²) < 4.78 is 0. The zero-order valence-electron chi connectivity index (χ0n) is 16.8. The number of nitrogens with zero attached hydrogens (tertiary/aromatic N) is 1. The Morgan fingerprint density at radius 1 is 1.07 bits per heavy atom. The van der Waals surface area contributed by atoms with E-state index in [1.165, 1.54) is 0 Å². The summed E-state index contributed by atoms with van der Waals surface area (Å²) in [7, 11) is 0. The Kier molecular flexibility index (Phi) is 8.04. The maximum absolute atomic E-state index is 13.3. The monoisotopic (exact) mass is 466 g/mol. The van der Waals surface area contributed by atoms with Gasteiger partial charge in [-0.15, -0.1) is 0 Å². The van der Waals surface area contributed by atoms with Gasteiger partial charge in [-0.05, 0) is 55.2 Å². The minimum absolute atomic E-state index is 0.0140. The predicted molar refractivity (Wildman–Crippen MR) is 122 cm³/mol. The zero-order chi connectivity index (χ0) is 21.7. The highest BCUT2D eigenvalue weighted by Crippen LogP contribution is 2.26. The van der Waals surface area contributed by atoms with Crippen molar-refractivity contribution in [2.75, 3.05) is 0 Å². The molecule has 2 aromatic carbocycles. The van der Waals surface area contributed by atoms with E-state index in [4.69, 9.17) is 34.8 Å². The van der Waals surface area contributed by atoms with Crippen LogP contribution < -0.4 is 5.32 Å². The third-order valence-electron chi connectivity index (χ3n) is 5.50. The molecule has 0 spiro atoms. The molecule has 0 saturated heterocycles. The van der Waals surface area contributed by atoms with E-state index in [0.717, 1.165) is 31.2 Å². The largest absolute Gasteiger partial charge is 0.352 e. The van der Waals surface area contributed by atoms with Crippen molar-refractivity contribution in [1.29, 1.82) is 0 Å². The average molecular weight is 468 g/mol. The van der Waals surface area contributed by atoms with Gasteiger partial charge in [0.25, 0.3) is 0 Å². The molecule has 1 saturated carbocycles. The first kappa shape index (κ1) is 22.9. The fourth-order valence-electron chi connectivity index (χ4n) is 3.76. The lowest BCUT2D eigenvalue weighted by Crippen LogP contribution is -2.50. The van der Waals surface area contributed by atoms with E-state index in [-0.39, 0.29) is 30.8 Å². The highest BCUT2D eigenvalue weighted by Gasteiger charge is 2.29. The number of hydrogen-bond donors (Lipinski definition) is 1. The van der Waals surface area contributed by atoms with E-state index < -0.39 is 6.04 Å². The van der Waals surface area contributed by atoms with E-state index in [2.05, 4.69) is 5.32 Å². The maximum atomic E-state index is 13.3. The van der Waals surface area contributed by atoms with Crippen LogP contribution >= 0.6 is 34.8 Å². The molecule has 0 heterocycles. The molecule has 2 aromatic rings. The van der Waals surface area contributed by atoms with Crippen molar-refractivity contribution >= 4 is 46.6 Å². The van der Waals surface area contributed by atoms with Crippen LogP contribution in [0.1, 0.15) is 43.7 Å². The first-order valence-corrected chi connectivity index (χ1v) is 11.3. The van der Waals surface area contributed by atoms with Gasteiger partial charge in [0.05, 0.1) is 6.42 Å². The SMILES string of the molecule is C[C@@H](C(=O)NC1CCCC1)N(Cc1cccc(Cl)c1)C(=O)Cc1c(Cl)cccc1Cl. The van der Waals surface area contributed by atoms with Crippen LogP contribution in [0.4, 0.5) is 0 Å². The summed E-state index contributed by atoms with van der Waals surface area (Å²) in [5, 5.41) is 4.53. The number of carbonyl (C=O) groups excluding carboxylic acids is 2. The molecule has 0 aromatic heterocycles. The van der Waals surface area contributed by atoms with E-state index in [9.17, 15) is 9.59 Å². The molecule has 0 aliphatic heterocycles. The number of benzene rings is 2. The van der Waals surface area contributed by atoms with Crippen molar-refractivity contribution in [1.82, 2.24) is 10.2 Å². The molecule has 1 atom stereocenters. The summed E-state index contributed by atoms with van der Waals surface area (Å²) >= 11 is 18.6. The quantitative estimate of drug-likeness (QED) is 0.571. The van der Waals surface area contributed by atoms with Crippen LogP contribution in [0.5, 0.6) is 0 Å². The predicted octanol–water partition coefficient (Wildman–Crippen LogP) is 5.67. The number of amides is 2. The van der Waals surface area contributed by atoms with Crippen molar-refractivity contribution < 1.29 is 9.59 Å². The van der Waals surface area contributed by atoms with Crippen LogP contribution in [0.25, 0.3) is 0 Å². The third kappa shape index (κ3) is 5.90. The Labute approximate surface area is 192 Å². The Balaban J connectivity index is 1.82. The summed E-state index contributed by atoms with van der Waals surface area (Å²) in [4.78, 5) is 27.8. The lowest BCUT2D eigenvalue weighted by Gasteiger charge is -2.30. The number of rotatable bonds is 7. The molecule has 1 N–H and O–H groups in total. The van der Waals surface area contributed by atoms with Gasteiger partial charge < -0.3 is 10.2 Å². The van der Waals surface area contributed by atoms with Gasteiger partial charge >= 0.3 is 0 Å². The Hall–Kier alpha value is -1.75. The molecule has 160 valence electrons. The Morgan fingerprint density at radius 3 is 2.33 bits per heavy atom. The van der Waals surface area contributed by atoms with Crippen LogP contribution in [0.3, 0.4) is 0 Å². The smallest absolute Gasteiger partial charge is 0.242 e. The van der Waals surface area contributed by atoms with Crippen LogP contribution in [0, 0.1) is 0 Å². The van der Waals surface area contributed by atoms with E-state index in [1.807, 2.05) is 12.1 Å². The molecule has 1 aliphatic carbocycles. The third-order valence-corrected chi connectivity index (χ3v) is 6.44. The molecule has 0 bridgehead atoms. The fraction of sp³-hybridized carbons (Fsp3) is 0.391.